The van der Waals surface area contributed by atoms with Crippen molar-refractivity contribution in [1.29, 1.82) is 0 Å². The van der Waals surface area contributed by atoms with E-state index in [0.717, 1.165) is 42.5 Å². The zero-order chi connectivity index (χ0) is 15.1. The highest BCUT2D eigenvalue weighted by atomic mass is 19.1. The number of fused-ring (bicyclic) bond motifs is 3. The number of rotatable bonds is 2. The lowest BCUT2D eigenvalue weighted by molar-refractivity contribution is 0.245. The molecular formula is C18H16F2N2. The maximum atomic E-state index is 13.5. The summed E-state index contributed by atoms with van der Waals surface area (Å²) in [4.78, 5) is 5.71. The minimum absolute atomic E-state index is 0.204. The summed E-state index contributed by atoms with van der Waals surface area (Å²) in [6, 6.07) is 11.5. The van der Waals surface area contributed by atoms with Gasteiger partial charge in [0.2, 0.25) is 0 Å². The van der Waals surface area contributed by atoms with Crippen LogP contribution in [0, 0.1) is 11.6 Å². The molecule has 0 bridgehead atoms. The molecular weight excluding hydrogens is 282 g/mol. The number of nitrogens with one attached hydrogen (secondary N) is 1. The molecule has 0 saturated heterocycles. The average Bonchev–Trinajstić information content (AvgIpc) is 2.87. The molecule has 2 nitrogen and oxygen atoms in total. The first-order chi connectivity index (χ1) is 10.7. The van der Waals surface area contributed by atoms with Gasteiger partial charge < -0.3 is 4.98 Å². The Kier molecular flexibility index (Phi) is 3.19. The van der Waals surface area contributed by atoms with Gasteiger partial charge in [0.25, 0.3) is 0 Å². The van der Waals surface area contributed by atoms with Gasteiger partial charge in [-0.3, -0.25) is 4.90 Å². The minimum atomic E-state index is -0.211. The zero-order valence-electron chi connectivity index (χ0n) is 12.1. The first-order valence-corrected chi connectivity index (χ1v) is 7.45. The lowest BCUT2D eigenvalue weighted by Crippen LogP contribution is -2.29. The van der Waals surface area contributed by atoms with E-state index < -0.39 is 0 Å². The first-order valence-electron chi connectivity index (χ1n) is 7.45. The highest BCUT2D eigenvalue weighted by molar-refractivity contribution is 5.84. The molecule has 0 spiro atoms. The number of H-pyrrole nitrogens is 1. The molecule has 2 heterocycles. The smallest absolute Gasteiger partial charge is 0.123 e. The van der Waals surface area contributed by atoms with Crippen molar-refractivity contribution in [2.24, 2.45) is 0 Å². The SMILES string of the molecule is Fc1ccc(CN2CCc3[nH]c4ccc(F)cc4c3C2)cc1. The molecule has 1 aromatic heterocycles. The lowest BCUT2D eigenvalue weighted by Gasteiger charge is -2.27. The van der Waals surface area contributed by atoms with E-state index in [4.69, 9.17) is 0 Å². The van der Waals surface area contributed by atoms with Crippen LogP contribution in [0.1, 0.15) is 16.8 Å². The van der Waals surface area contributed by atoms with Crippen molar-refractivity contribution in [2.45, 2.75) is 19.5 Å². The Morgan fingerprint density at radius 2 is 1.77 bits per heavy atom. The molecule has 0 atom stereocenters. The maximum Gasteiger partial charge on any atom is 0.123 e. The van der Waals surface area contributed by atoms with Crippen LogP contribution in [-0.2, 0) is 19.5 Å². The summed E-state index contributed by atoms with van der Waals surface area (Å²) in [6.45, 7) is 2.51. The van der Waals surface area contributed by atoms with Crippen LogP contribution in [0.4, 0.5) is 8.78 Å². The van der Waals surface area contributed by atoms with Crippen LogP contribution in [0.3, 0.4) is 0 Å². The highest BCUT2D eigenvalue weighted by Gasteiger charge is 2.20. The first kappa shape index (κ1) is 13.5. The van der Waals surface area contributed by atoms with Crippen LogP contribution in [0.15, 0.2) is 42.5 Å². The Hall–Kier alpha value is -2.20. The maximum absolute atomic E-state index is 13.5. The number of hydrogen-bond donors (Lipinski definition) is 1. The molecule has 0 radical (unpaired) electrons. The van der Waals surface area contributed by atoms with E-state index in [0.29, 0.717) is 0 Å². The van der Waals surface area contributed by atoms with Gasteiger partial charge in [0.1, 0.15) is 11.6 Å². The number of halogens is 2. The van der Waals surface area contributed by atoms with Crippen molar-refractivity contribution in [3.63, 3.8) is 0 Å². The van der Waals surface area contributed by atoms with E-state index in [2.05, 4.69) is 9.88 Å². The fraction of sp³-hybridized carbons (Fsp3) is 0.222. The molecule has 4 heteroatoms. The van der Waals surface area contributed by atoms with E-state index in [1.165, 1.54) is 29.5 Å². The van der Waals surface area contributed by atoms with Crippen molar-refractivity contribution in [2.75, 3.05) is 6.54 Å². The van der Waals surface area contributed by atoms with Gasteiger partial charge in [0.15, 0.2) is 0 Å². The molecule has 112 valence electrons. The van der Waals surface area contributed by atoms with Gasteiger partial charge in [0, 0.05) is 42.7 Å². The van der Waals surface area contributed by atoms with E-state index in [1.807, 2.05) is 12.1 Å². The summed E-state index contributed by atoms with van der Waals surface area (Å²) < 4.78 is 26.5. The fourth-order valence-corrected chi connectivity index (χ4v) is 3.23. The van der Waals surface area contributed by atoms with Gasteiger partial charge in [-0.05, 0) is 41.5 Å². The molecule has 1 aliphatic rings. The Morgan fingerprint density at radius 3 is 2.59 bits per heavy atom. The number of aromatic nitrogens is 1. The monoisotopic (exact) mass is 298 g/mol. The molecule has 0 unspecified atom stereocenters. The van der Waals surface area contributed by atoms with Crippen LogP contribution in [0.5, 0.6) is 0 Å². The second-order valence-electron chi connectivity index (χ2n) is 5.86. The van der Waals surface area contributed by atoms with E-state index in [1.54, 1.807) is 12.1 Å². The van der Waals surface area contributed by atoms with Crippen molar-refractivity contribution < 1.29 is 8.78 Å². The van der Waals surface area contributed by atoms with Gasteiger partial charge in [-0.25, -0.2) is 8.78 Å². The third kappa shape index (κ3) is 2.40. The van der Waals surface area contributed by atoms with Gasteiger partial charge in [-0.15, -0.1) is 0 Å². The van der Waals surface area contributed by atoms with E-state index in [9.17, 15) is 8.78 Å². The summed E-state index contributed by atoms with van der Waals surface area (Å²) in [7, 11) is 0. The molecule has 0 aliphatic carbocycles. The number of hydrogen-bond acceptors (Lipinski definition) is 1. The molecule has 3 aromatic rings. The van der Waals surface area contributed by atoms with Gasteiger partial charge in [0.05, 0.1) is 0 Å². The highest BCUT2D eigenvalue weighted by Crippen LogP contribution is 2.29. The molecule has 0 saturated carbocycles. The lowest BCUT2D eigenvalue weighted by atomic mass is 10.0. The molecule has 1 N–H and O–H groups in total. The third-order valence-electron chi connectivity index (χ3n) is 4.34. The summed E-state index contributed by atoms with van der Waals surface area (Å²) in [6.07, 6.45) is 0.923. The topological polar surface area (TPSA) is 19.0 Å². The van der Waals surface area contributed by atoms with Crippen molar-refractivity contribution >= 4 is 10.9 Å². The summed E-state index contributed by atoms with van der Waals surface area (Å²) in [5, 5.41) is 0.971. The quantitative estimate of drug-likeness (QED) is 0.757. The Balaban J connectivity index is 1.61. The normalized spacial score (nSPS) is 15.2. The second-order valence-corrected chi connectivity index (χ2v) is 5.86. The molecule has 2 aromatic carbocycles. The predicted octanol–water partition coefficient (Wildman–Crippen LogP) is 4.00. The minimum Gasteiger partial charge on any atom is -0.358 e. The van der Waals surface area contributed by atoms with E-state index >= 15 is 0 Å². The molecule has 0 fully saturated rings. The van der Waals surface area contributed by atoms with Crippen molar-refractivity contribution in [3.05, 3.63) is 70.9 Å². The standard InChI is InChI=1S/C18H16F2N2/c19-13-3-1-12(2-4-13)10-22-8-7-18-16(11-22)15-9-14(20)5-6-17(15)21-18/h1-6,9,21H,7-8,10-11H2. The third-order valence-corrected chi connectivity index (χ3v) is 4.34. The van der Waals surface area contributed by atoms with Crippen molar-refractivity contribution in [1.82, 2.24) is 9.88 Å². The van der Waals surface area contributed by atoms with Gasteiger partial charge >= 0.3 is 0 Å². The summed E-state index contributed by atoms with van der Waals surface area (Å²) in [5.41, 5.74) is 4.48. The van der Waals surface area contributed by atoms with E-state index in [-0.39, 0.29) is 11.6 Å². The predicted molar refractivity (Wildman–Crippen MR) is 82.5 cm³/mol. The Morgan fingerprint density at radius 1 is 1.00 bits per heavy atom. The molecule has 1 aliphatic heterocycles. The Labute approximate surface area is 127 Å². The van der Waals surface area contributed by atoms with Crippen LogP contribution in [0.25, 0.3) is 10.9 Å². The summed E-state index contributed by atoms with van der Waals surface area (Å²) in [5.74, 6) is -0.415. The molecule has 22 heavy (non-hydrogen) atoms. The number of benzene rings is 2. The van der Waals surface area contributed by atoms with Gasteiger partial charge in [-0.1, -0.05) is 12.1 Å². The summed E-state index contributed by atoms with van der Waals surface area (Å²) >= 11 is 0. The fourth-order valence-electron chi connectivity index (χ4n) is 3.23. The van der Waals surface area contributed by atoms with Crippen molar-refractivity contribution in [3.8, 4) is 0 Å². The number of nitrogens with zero attached hydrogens (tertiary/aromatic N) is 1. The number of aromatic amines is 1. The average molecular weight is 298 g/mol. The van der Waals surface area contributed by atoms with Crippen LogP contribution >= 0.6 is 0 Å². The second kappa shape index (κ2) is 5.21. The Bertz CT molecular complexity index is 821. The van der Waals surface area contributed by atoms with Crippen LogP contribution in [-0.4, -0.2) is 16.4 Å². The van der Waals surface area contributed by atoms with Gasteiger partial charge in [-0.2, -0.15) is 0 Å². The largest absolute Gasteiger partial charge is 0.358 e. The van der Waals surface area contributed by atoms with Crippen LogP contribution in [0.2, 0.25) is 0 Å². The molecule has 0 amide bonds. The zero-order valence-corrected chi connectivity index (χ0v) is 12.1. The molecule has 4 rings (SSSR count). The van der Waals surface area contributed by atoms with Crippen LogP contribution < -0.4 is 0 Å².